The maximum Gasteiger partial charge on any atom is 0.324 e. The van der Waals surface area contributed by atoms with E-state index in [2.05, 4.69) is 22.0 Å². The van der Waals surface area contributed by atoms with Gasteiger partial charge in [-0.2, -0.15) is 0 Å². The summed E-state index contributed by atoms with van der Waals surface area (Å²) >= 11 is 0. The van der Waals surface area contributed by atoms with E-state index in [1.165, 1.54) is 4.90 Å². The second kappa shape index (κ2) is 8.45. The molecule has 0 spiro atoms. The third-order valence-corrected chi connectivity index (χ3v) is 4.46. The van der Waals surface area contributed by atoms with Gasteiger partial charge in [-0.3, -0.25) is 19.5 Å². The third-order valence-electron chi connectivity index (χ3n) is 4.46. The minimum atomic E-state index is -0.257. The molecule has 2 saturated heterocycles. The molecule has 0 aromatic heterocycles. The van der Waals surface area contributed by atoms with Crippen molar-refractivity contribution in [3.63, 3.8) is 0 Å². The molecule has 2 aliphatic rings. The molecule has 2 fully saturated rings. The molecule has 0 unspecified atom stereocenters. The summed E-state index contributed by atoms with van der Waals surface area (Å²) in [7, 11) is 0. The van der Waals surface area contributed by atoms with Crippen molar-refractivity contribution < 1.29 is 14.3 Å². The molecule has 2 heterocycles. The summed E-state index contributed by atoms with van der Waals surface area (Å²) in [6, 6.07) is 0.268. The van der Waals surface area contributed by atoms with Gasteiger partial charge in [0, 0.05) is 51.9 Å². The monoisotopic (exact) mass is 312 g/mol. The van der Waals surface area contributed by atoms with Crippen LogP contribution in [0, 0.1) is 0 Å². The molecule has 1 atom stereocenters. The van der Waals surface area contributed by atoms with Crippen molar-refractivity contribution in [2.45, 2.75) is 26.3 Å². The first-order valence-corrected chi connectivity index (χ1v) is 8.28. The average Bonchev–Trinajstić information content (AvgIpc) is 2.85. The molecule has 0 aromatic carbocycles. The lowest BCUT2D eigenvalue weighted by atomic mass is 10.1. The summed E-state index contributed by atoms with van der Waals surface area (Å²) in [6.45, 7) is 11.1. The first-order chi connectivity index (χ1) is 10.7. The maximum absolute atomic E-state index is 11.6. The molecule has 7 heteroatoms. The Hall–Kier alpha value is -1.18. The van der Waals surface area contributed by atoms with Gasteiger partial charge >= 0.3 is 6.03 Å². The van der Waals surface area contributed by atoms with E-state index in [4.69, 9.17) is 4.74 Å². The van der Waals surface area contributed by atoms with Gasteiger partial charge in [-0.25, -0.2) is 4.79 Å². The normalized spacial score (nSPS) is 24.1. The summed E-state index contributed by atoms with van der Waals surface area (Å²) in [4.78, 5) is 29.3. The molecule has 3 amide bonds. The summed E-state index contributed by atoms with van der Waals surface area (Å²) in [5.74, 6) is -0.118. The van der Waals surface area contributed by atoms with Crippen molar-refractivity contribution in [3.05, 3.63) is 0 Å². The zero-order valence-corrected chi connectivity index (χ0v) is 13.7. The van der Waals surface area contributed by atoms with Crippen molar-refractivity contribution in [2.24, 2.45) is 0 Å². The zero-order valence-electron chi connectivity index (χ0n) is 13.7. The van der Waals surface area contributed by atoms with Crippen molar-refractivity contribution in [2.75, 3.05) is 59.0 Å². The molecule has 2 aliphatic heterocycles. The van der Waals surface area contributed by atoms with E-state index in [-0.39, 0.29) is 18.5 Å². The Bertz CT molecular complexity index is 375. The molecule has 0 aliphatic carbocycles. The molecule has 2 rings (SSSR count). The van der Waals surface area contributed by atoms with Crippen LogP contribution < -0.4 is 5.32 Å². The van der Waals surface area contributed by atoms with Crippen LogP contribution in [0.5, 0.6) is 0 Å². The lowest BCUT2D eigenvalue weighted by Crippen LogP contribution is -2.55. The summed E-state index contributed by atoms with van der Waals surface area (Å²) in [5, 5.41) is 2.56. The van der Waals surface area contributed by atoms with Gasteiger partial charge < -0.3 is 10.1 Å². The Morgan fingerprint density at radius 3 is 2.64 bits per heavy atom. The van der Waals surface area contributed by atoms with Gasteiger partial charge in [-0.15, -0.1) is 0 Å². The van der Waals surface area contributed by atoms with Crippen LogP contribution in [0.3, 0.4) is 0 Å². The molecular formula is C15H28N4O3. The lowest BCUT2D eigenvalue weighted by molar-refractivity contribution is -0.125. The topological polar surface area (TPSA) is 65.1 Å². The van der Waals surface area contributed by atoms with E-state index in [0.29, 0.717) is 12.6 Å². The Morgan fingerprint density at radius 2 is 2.00 bits per heavy atom. The van der Waals surface area contributed by atoms with Crippen molar-refractivity contribution in [1.29, 1.82) is 0 Å². The molecule has 7 nitrogen and oxygen atoms in total. The highest BCUT2D eigenvalue weighted by Gasteiger charge is 2.30. The average molecular weight is 312 g/mol. The largest absolute Gasteiger partial charge is 0.380 e. The number of hydrogen-bond donors (Lipinski definition) is 1. The van der Waals surface area contributed by atoms with Crippen molar-refractivity contribution in [1.82, 2.24) is 20.0 Å². The number of carbonyl (C=O) groups excluding carboxylic acids is 2. The number of imide groups is 1. The first kappa shape index (κ1) is 17.2. The van der Waals surface area contributed by atoms with Crippen LogP contribution >= 0.6 is 0 Å². The van der Waals surface area contributed by atoms with E-state index in [0.717, 1.165) is 52.4 Å². The molecule has 1 N–H and O–H groups in total. The van der Waals surface area contributed by atoms with Crippen molar-refractivity contribution in [3.8, 4) is 0 Å². The van der Waals surface area contributed by atoms with E-state index in [1.54, 1.807) is 0 Å². The minimum Gasteiger partial charge on any atom is -0.380 e. The van der Waals surface area contributed by atoms with Crippen LogP contribution in [0.2, 0.25) is 0 Å². The first-order valence-electron chi connectivity index (χ1n) is 8.28. The van der Waals surface area contributed by atoms with Crippen LogP contribution in [-0.4, -0.2) is 91.7 Å². The van der Waals surface area contributed by atoms with Gasteiger partial charge in [0.15, 0.2) is 0 Å². The third kappa shape index (κ3) is 4.41. The number of hydrogen-bond acceptors (Lipinski definition) is 5. The maximum atomic E-state index is 11.6. The highest BCUT2D eigenvalue weighted by Crippen LogP contribution is 2.13. The number of rotatable bonds is 8. The Balaban J connectivity index is 1.75. The SMILES string of the molecule is CCOCCN1CCN(CCN2C(=O)CNC2=O)C[C@@H]1CC. The van der Waals surface area contributed by atoms with E-state index in [9.17, 15) is 9.59 Å². The molecule has 22 heavy (non-hydrogen) atoms. The number of urea groups is 1. The van der Waals surface area contributed by atoms with Crippen LogP contribution in [0.25, 0.3) is 0 Å². The number of ether oxygens (including phenoxy) is 1. The van der Waals surface area contributed by atoms with Crippen LogP contribution in [0.1, 0.15) is 20.3 Å². The van der Waals surface area contributed by atoms with Gasteiger partial charge in [-0.1, -0.05) is 6.92 Å². The number of carbonyl (C=O) groups is 2. The predicted octanol–water partition coefficient (Wildman–Crippen LogP) is -0.0291. The van der Waals surface area contributed by atoms with E-state index >= 15 is 0 Å². The Kier molecular flexibility index (Phi) is 6.60. The summed E-state index contributed by atoms with van der Waals surface area (Å²) in [6.07, 6.45) is 1.10. The minimum absolute atomic E-state index is 0.118. The second-order valence-electron chi connectivity index (χ2n) is 5.80. The van der Waals surface area contributed by atoms with Crippen LogP contribution in [-0.2, 0) is 9.53 Å². The molecule has 0 saturated carbocycles. The van der Waals surface area contributed by atoms with Gasteiger partial charge in [0.05, 0.1) is 13.2 Å². The smallest absolute Gasteiger partial charge is 0.324 e. The van der Waals surface area contributed by atoms with Gasteiger partial charge in [0.1, 0.15) is 0 Å². The number of nitrogens with one attached hydrogen (secondary N) is 1. The van der Waals surface area contributed by atoms with E-state index < -0.39 is 0 Å². The van der Waals surface area contributed by atoms with E-state index in [1.807, 2.05) is 6.92 Å². The lowest BCUT2D eigenvalue weighted by Gasteiger charge is -2.41. The van der Waals surface area contributed by atoms with Gasteiger partial charge in [0.2, 0.25) is 5.91 Å². The van der Waals surface area contributed by atoms with Crippen molar-refractivity contribution >= 4 is 11.9 Å². The highest BCUT2D eigenvalue weighted by atomic mass is 16.5. The predicted molar refractivity (Wildman–Crippen MR) is 83.7 cm³/mol. The standard InChI is InChI=1S/C15H28N4O3/c1-3-13-12-17(5-7-18(13)9-10-22-4-2)6-8-19-14(20)11-16-15(19)21/h13H,3-12H2,1-2H3,(H,16,21)/t13-/m0/s1. The fourth-order valence-electron chi connectivity index (χ4n) is 3.09. The van der Waals surface area contributed by atoms with Crippen LogP contribution in [0.15, 0.2) is 0 Å². The Labute approximate surface area is 132 Å². The molecular weight excluding hydrogens is 284 g/mol. The molecule has 0 aromatic rings. The van der Waals surface area contributed by atoms with Gasteiger partial charge in [-0.05, 0) is 13.3 Å². The second-order valence-corrected chi connectivity index (χ2v) is 5.80. The van der Waals surface area contributed by atoms with Crippen LogP contribution in [0.4, 0.5) is 4.79 Å². The summed E-state index contributed by atoms with van der Waals surface area (Å²) < 4.78 is 5.45. The number of nitrogens with zero attached hydrogens (tertiary/aromatic N) is 3. The highest BCUT2D eigenvalue weighted by molar-refractivity contribution is 6.01. The quantitative estimate of drug-likeness (QED) is 0.504. The number of amides is 3. The molecule has 0 radical (unpaired) electrons. The number of piperazine rings is 1. The Morgan fingerprint density at radius 1 is 1.18 bits per heavy atom. The van der Waals surface area contributed by atoms with Gasteiger partial charge in [0.25, 0.3) is 0 Å². The molecule has 126 valence electrons. The fraction of sp³-hybridized carbons (Fsp3) is 0.867. The molecule has 0 bridgehead atoms. The summed E-state index contributed by atoms with van der Waals surface area (Å²) in [5.41, 5.74) is 0. The fourth-order valence-corrected chi connectivity index (χ4v) is 3.09. The zero-order chi connectivity index (χ0) is 15.9.